The maximum absolute atomic E-state index is 5.17. The zero-order valence-corrected chi connectivity index (χ0v) is 19.6. The molecule has 1 fully saturated rings. The van der Waals surface area contributed by atoms with Gasteiger partial charge in [0.2, 0.25) is 0 Å². The molecule has 0 radical (unpaired) electrons. The number of aliphatic imine (C=N–C) groups is 1. The Hall–Kier alpha value is -2.45. The van der Waals surface area contributed by atoms with Gasteiger partial charge in [-0.25, -0.2) is 9.67 Å². The summed E-state index contributed by atoms with van der Waals surface area (Å²) in [5.41, 5.74) is 1.39. The predicted octanol–water partition coefficient (Wildman–Crippen LogP) is 2.21. The van der Waals surface area contributed by atoms with Crippen LogP contribution in [0.15, 0.2) is 35.3 Å². The number of hydrogen-bond donors (Lipinski definition) is 2. The van der Waals surface area contributed by atoms with Gasteiger partial charge in [0, 0.05) is 51.8 Å². The van der Waals surface area contributed by atoms with Crippen LogP contribution >= 0.6 is 0 Å². The lowest BCUT2D eigenvalue weighted by atomic mass is 10.1. The molecule has 1 aromatic heterocycles. The largest absolute Gasteiger partial charge is 0.377 e. The number of hydrogen-bond acceptors (Lipinski definition) is 5. The van der Waals surface area contributed by atoms with Gasteiger partial charge in [0.15, 0.2) is 11.8 Å². The molecule has 2 aromatic rings. The van der Waals surface area contributed by atoms with E-state index < -0.39 is 0 Å². The van der Waals surface area contributed by atoms with Crippen molar-refractivity contribution < 1.29 is 4.74 Å². The summed E-state index contributed by atoms with van der Waals surface area (Å²) in [4.78, 5) is 12.1. The molecule has 3 heterocycles. The summed E-state index contributed by atoms with van der Waals surface area (Å²) in [6, 6.07) is 11.7. The highest BCUT2D eigenvalue weighted by molar-refractivity contribution is 5.80. The van der Waals surface area contributed by atoms with Crippen LogP contribution in [0.3, 0.4) is 0 Å². The van der Waals surface area contributed by atoms with E-state index in [-0.39, 0.29) is 0 Å². The van der Waals surface area contributed by atoms with Crippen LogP contribution in [0.25, 0.3) is 0 Å². The maximum Gasteiger partial charge on any atom is 0.191 e. The number of methoxy groups -OCH3 is 1. The van der Waals surface area contributed by atoms with E-state index in [1.54, 1.807) is 7.11 Å². The summed E-state index contributed by atoms with van der Waals surface area (Å²) in [5, 5.41) is 11.6. The Morgan fingerprint density at radius 2 is 2.09 bits per heavy atom. The van der Waals surface area contributed by atoms with Crippen molar-refractivity contribution in [3.05, 3.63) is 47.5 Å². The summed E-state index contributed by atoms with van der Waals surface area (Å²) in [6.45, 7) is 9.55. The summed E-state index contributed by atoms with van der Waals surface area (Å²) in [6.07, 6.45) is 3.15. The second-order valence-corrected chi connectivity index (χ2v) is 9.02. The first-order valence-corrected chi connectivity index (χ1v) is 11.9. The van der Waals surface area contributed by atoms with E-state index in [4.69, 9.17) is 9.73 Å². The highest BCUT2D eigenvalue weighted by Gasteiger charge is 2.29. The number of aryl methyl sites for hydroxylation is 1. The first kappa shape index (κ1) is 22.7. The Labute approximate surface area is 191 Å². The van der Waals surface area contributed by atoms with Gasteiger partial charge in [-0.3, -0.25) is 9.89 Å². The Balaban J connectivity index is 1.31. The molecule has 0 amide bonds. The van der Waals surface area contributed by atoms with Crippen molar-refractivity contribution in [1.29, 1.82) is 0 Å². The molecule has 8 heteroatoms. The minimum absolute atomic E-state index is 0.300. The van der Waals surface area contributed by atoms with E-state index in [0.717, 1.165) is 63.2 Å². The van der Waals surface area contributed by atoms with Gasteiger partial charge in [0.25, 0.3) is 0 Å². The van der Waals surface area contributed by atoms with E-state index in [2.05, 4.69) is 69.8 Å². The summed E-state index contributed by atoms with van der Waals surface area (Å²) in [7, 11) is 1.68. The molecule has 0 saturated carbocycles. The third-order valence-electron chi connectivity index (χ3n) is 6.39. The molecule has 4 rings (SSSR count). The molecule has 0 spiro atoms. The maximum atomic E-state index is 5.17. The fourth-order valence-electron chi connectivity index (χ4n) is 4.79. The minimum Gasteiger partial charge on any atom is -0.377 e. The molecule has 3 atom stereocenters. The van der Waals surface area contributed by atoms with Gasteiger partial charge >= 0.3 is 0 Å². The lowest BCUT2D eigenvalue weighted by molar-refractivity contribution is 0.177. The highest BCUT2D eigenvalue weighted by atomic mass is 16.5. The molecule has 2 N–H and O–H groups in total. The number of aromatic nitrogens is 3. The smallest absolute Gasteiger partial charge is 0.191 e. The van der Waals surface area contributed by atoms with Crippen molar-refractivity contribution in [3.8, 4) is 0 Å². The Bertz CT molecular complexity index is 882. The van der Waals surface area contributed by atoms with Crippen molar-refractivity contribution in [1.82, 2.24) is 30.3 Å². The van der Waals surface area contributed by atoms with Crippen molar-refractivity contribution in [3.63, 3.8) is 0 Å². The average Bonchev–Trinajstić information content (AvgIpc) is 3.35. The Kier molecular flexibility index (Phi) is 7.76. The number of guanidine groups is 1. The lowest BCUT2D eigenvalue weighted by Crippen LogP contribution is -2.47. The third kappa shape index (κ3) is 5.86. The molecular weight excluding hydrogens is 402 g/mol. The van der Waals surface area contributed by atoms with Gasteiger partial charge in [0.1, 0.15) is 12.4 Å². The topological polar surface area (TPSA) is 79.6 Å². The van der Waals surface area contributed by atoms with E-state index in [0.29, 0.717) is 24.6 Å². The number of nitrogens with zero attached hydrogens (tertiary/aromatic N) is 5. The number of nitrogens with one attached hydrogen (secondary N) is 2. The molecule has 3 unspecified atom stereocenters. The van der Waals surface area contributed by atoms with Gasteiger partial charge in [-0.05, 0) is 38.2 Å². The molecule has 0 aliphatic carbocycles. The second kappa shape index (κ2) is 10.9. The zero-order valence-electron chi connectivity index (χ0n) is 19.6. The first-order chi connectivity index (χ1) is 15.6. The van der Waals surface area contributed by atoms with Crippen LogP contribution in [-0.4, -0.2) is 64.5 Å². The Morgan fingerprint density at radius 3 is 2.88 bits per heavy atom. The zero-order chi connectivity index (χ0) is 22.3. The molecule has 2 aliphatic rings. The van der Waals surface area contributed by atoms with Crippen LogP contribution in [0.1, 0.15) is 43.9 Å². The number of ether oxygens (including phenoxy) is 1. The summed E-state index contributed by atoms with van der Waals surface area (Å²) < 4.78 is 7.18. The standard InChI is InChI=1S/C24H37N7O/c1-4-25-24(27-21-10-11-23-28-22(17-32-3)29-31(23)16-21)26-13-20-12-18(2)30(15-20)14-19-8-6-5-7-9-19/h5-9,18,20-21H,4,10-17H2,1-3H3,(H2,25,26,27). The third-order valence-corrected chi connectivity index (χ3v) is 6.39. The fraction of sp³-hybridized carbons (Fsp3) is 0.625. The normalized spacial score (nSPS) is 23.8. The minimum atomic E-state index is 0.300. The van der Waals surface area contributed by atoms with E-state index >= 15 is 0 Å². The van der Waals surface area contributed by atoms with Crippen molar-refractivity contribution in [2.45, 2.75) is 64.9 Å². The highest BCUT2D eigenvalue weighted by Crippen LogP contribution is 2.25. The average molecular weight is 440 g/mol. The van der Waals surface area contributed by atoms with Gasteiger partial charge < -0.3 is 15.4 Å². The van der Waals surface area contributed by atoms with Crippen LogP contribution in [-0.2, 0) is 30.9 Å². The van der Waals surface area contributed by atoms with Crippen LogP contribution in [0.5, 0.6) is 0 Å². The molecule has 8 nitrogen and oxygen atoms in total. The van der Waals surface area contributed by atoms with Gasteiger partial charge in [-0.15, -0.1) is 0 Å². The van der Waals surface area contributed by atoms with E-state index in [9.17, 15) is 0 Å². The van der Waals surface area contributed by atoms with Crippen LogP contribution in [0.2, 0.25) is 0 Å². The van der Waals surface area contributed by atoms with Crippen LogP contribution in [0, 0.1) is 5.92 Å². The Morgan fingerprint density at radius 1 is 1.25 bits per heavy atom. The lowest BCUT2D eigenvalue weighted by Gasteiger charge is -2.25. The predicted molar refractivity (Wildman–Crippen MR) is 126 cm³/mol. The van der Waals surface area contributed by atoms with Gasteiger partial charge in [0.05, 0.1) is 6.54 Å². The fourth-order valence-corrected chi connectivity index (χ4v) is 4.79. The van der Waals surface area contributed by atoms with E-state index in [1.165, 1.54) is 12.0 Å². The van der Waals surface area contributed by atoms with Crippen molar-refractivity contribution >= 4 is 5.96 Å². The number of benzene rings is 1. The molecular formula is C24H37N7O. The first-order valence-electron chi connectivity index (χ1n) is 11.9. The van der Waals surface area contributed by atoms with Crippen molar-refractivity contribution in [2.24, 2.45) is 10.9 Å². The molecule has 0 bridgehead atoms. The van der Waals surface area contributed by atoms with Gasteiger partial charge in [-0.2, -0.15) is 5.10 Å². The molecule has 2 aliphatic heterocycles. The SMILES string of the molecule is CCNC(=NCC1CC(C)N(Cc2ccccc2)C1)NC1CCc2nc(COC)nn2C1. The number of likely N-dealkylation sites (tertiary alicyclic amines) is 1. The summed E-state index contributed by atoms with van der Waals surface area (Å²) in [5.74, 6) is 3.32. The van der Waals surface area contributed by atoms with Crippen LogP contribution < -0.4 is 10.6 Å². The molecule has 1 aromatic carbocycles. The second-order valence-electron chi connectivity index (χ2n) is 9.02. The number of fused-ring (bicyclic) bond motifs is 1. The van der Waals surface area contributed by atoms with Gasteiger partial charge in [-0.1, -0.05) is 30.3 Å². The summed E-state index contributed by atoms with van der Waals surface area (Å²) >= 11 is 0. The monoisotopic (exact) mass is 439 g/mol. The quantitative estimate of drug-likeness (QED) is 0.485. The molecule has 1 saturated heterocycles. The molecule has 174 valence electrons. The number of rotatable bonds is 8. The molecule has 32 heavy (non-hydrogen) atoms. The van der Waals surface area contributed by atoms with Crippen molar-refractivity contribution in [2.75, 3.05) is 26.7 Å². The van der Waals surface area contributed by atoms with Crippen LogP contribution in [0.4, 0.5) is 0 Å². The van der Waals surface area contributed by atoms with E-state index in [1.807, 2.05) is 4.68 Å².